The van der Waals surface area contributed by atoms with Gasteiger partial charge in [0.15, 0.2) is 0 Å². The first-order chi connectivity index (χ1) is 19.7. The van der Waals surface area contributed by atoms with Crippen LogP contribution in [-0.4, -0.2) is 38.7 Å². The van der Waals surface area contributed by atoms with E-state index in [4.69, 9.17) is 15.5 Å². The number of para-hydroxylation sites is 1. The molecular formula is C32H38N6O3. The van der Waals surface area contributed by atoms with Crippen LogP contribution in [-0.2, 0) is 11.2 Å². The third-order valence-corrected chi connectivity index (χ3v) is 6.25. The molecule has 9 heteroatoms. The molecule has 0 aliphatic rings. The van der Waals surface area contributed by atoms with Gasteiger partial charge in [-0.25, -0.2) is 14.8 Å². The Hall–Kier alpha value is -4.50. The molecule has 0 aliphatic carbocycles. The SMILES string of the molecule is CC(C)(C)OC(=O)Nc1ccc(-c2cccc(C(=O)Nc3nc(CCCCCCN)cn3-c3ccccc3)c2)cn1. The van der Waals surface area contributed by atoms with Gasteiger partial charge in [-0.05, 0) is 88.5 Å². The summed E-state index contributed by atoms with van der Waals surface area (Å²) in [5, 5.41) is 5.63. The van der Waals surface area contributed by atoms with Gasteiger partial charge >= 0.3 is 6.09 Å². The first-order valence-electron chi connectivity index (χ1n) is 13.9. The van der Waals surface area contributed by atoms with E-state index < -0.39 is 11.7 Å². The Morgan fingerprint density at radius 2 is 1.68 bits per heavy atom. The average Bonchev–Trinajstić information content (AvgIpc) is 3.35. The second-order valence-corrected chi connectivity index (χ2v) is 10.8. The van der Waals surface area contributed by atoms with Gasteiger partial charge in [0.25, 0.3) is 5.91 Å². The van der Waals surface area contributed by atoms with Gasteiger partial charge in [0.2, 0.25) is 5.95 Å². The van der Waals surface area contributed by atoms with Crippen LogP contribution < -0.4 is 16.4 Å². The van der Waals surface area contributed by atoms with Crippen molar-refractivity contribution in [3.63, 3.8) is 0 Å². The standard InChI is InChI=1S/C32H38N6O3/c1-32(2,3)41-31(40)36-28-18-17-25(21-34-28)23-12-11-13-24(20-23)29(39)37-30-35-26(14-7-4-5-10-19-33)22-38(30)27-15-8-6-9-16-27/h6,8-9,11-13,15-18,20-22H,4-5,7,10,14,19,33H2,1-3H3,(H,34,36,40)(H,35,37,39). The molecule has 0 bridgehead atoms. The smallest absolute Gasteiger partial charge is 0.413 e. The number of nitrogens with one attached hydrogen (secondary N) is 2. The van der Waals surface area contributed by atoms with Gasteiger partial charge < -0.3 is 10.5 Å². The molecular weight excluding hydrogens is 516 g/mol. The number of amides is 2. The maximum atomic E-state index is 13.4. The highest BCUT2D eigenvalue weighted by Crippen LogP contribution is 2.23. The minimum absolute atomic E-state index is 0.264. The Morgan fingerprint density at radius 1 is 0.902 bits per heavy atom. The molecule has 2 heterocycles. The Labute approximate surface area is 241 Å². The number of unbranched alkanes of at least 4 members (excludes halogenated alkanes) is 3. The number of rotatable bonds is 11. The number of pyridine rings is 1. The number of anilines is 2. The van der Waals surface area contributed by atoms with Gasteiger partial charge in [-0.1, -0.05) is 43.2 Å². The van der Waals surface area contributed by atoms with Crippen LogP contribution in [0.15, 0.2) is 79.1 Å². The molecule has 2 amide bonds. The van der Waals surface area contributed by atoms with Crippen LogP contribution in [0.5, 0.6) is 0 Å². The Kier molecular flexibility index (Phi) is 9.86. The number of nitrogens with zero attached hydrogens (tertiary/aromatic N) is 3. The van der Waals surface area contributed by atoms with Gasteiger partial charge in [0, 0.05) is 29.2 Å². The van der Waals surface area contributed by atoms with Gasteiger partial charge in [-0.15, -0.1) is 0 Å². The largest absolute Gasteiger partial charge is 0.444 e. The summed E-state index contributed by atoms with van der Waals surface area (Å²) in [6.07, 6.45) is 8.14. The van der Waals surface area contributed by atoms with Gasteiger partial charge in [0.05, 0.1) is 5.69 Å². The second-order valence-electron chi connectivity index (χ2n) is 10.8. The normalized spacial score (nSPS) is 11.2. The van der Waals surface area contributed by atoms with E-state index in [-0.39, 0.29) is 5.91 Å². The molecule has 214 valence electrons. The third kappa shape index (κ3) is 8.74. The molecule has 0 spiro atoms. The lowest BCUT2D eigenvalue weighted by atomic mass is 10.0. The zero-order chi connectivity index (χ0) is 29.2. The van der Waals surface area contributed by atoms with Crippen molar-refractivity contribution in [2.24, 2.45) is 5.73 Å². The van der Waals surface area contributed by atoms with Crippen molar-refractivity contribution in [2.75, 3.05) is 17.2 Å². The van der Waals surface area contributed by atoms with Crippen molar-refractivity contribution >= 4 is 23.8 Å². The van der Waals surface area contributed by atoms with E-state index >= 15 is 0 Å². The lowest BCUT2D eigenvalue weighted by Crippen LogP contribution is -2.27. The van der Waals surface area contributed by atoms with Crippen LogP contribution in [0.3, 0.4) is 0 Å². The molecule has 0 unspecified atom stereocenters. The molecule has 2 aromatic carbocycles. The summed E-state index contributed by atoms with van der Waals surface area (Å²) in [5.74, 6) is 0.586. The maximum Gasteiger partial charge on any atom is 0.413 e. The number of nitrogens with two attached hydrogens (primary N) is 1. The van der Waals surface area contributed by atoms with E-state index in [2.05, 4.69) is 15.6 Å². The molecule has 0 saturated heterocycles. The Morgan fingerprint density at radius 3 is 2.39 bits per heavy atom. The summed E-state index contributed by atoms with van der Waals surface area (Å²) in [4.78, 5) is 34.5. The summed E-state index contributed by atoms with van der Waals surface area (Å²) >= 11 is 0. The number of benzene rings is 2. The van der Waals surface area contributed by atoms with Gasteiger partial charge in [-0.2, -0.15) is 0 Å². The fourth-order valence-electron chi connectivity index (χ4n) is 4.29. The van der Waals surface area contributed by atoms with Gasteiger partial charge in [0.1, 0.15) is 11.4 Å². The summed E-state index contributed by atoms with van der Waals surface area (Å²) in [7, 11) is 0. The predicted molar refractivity (Wildman–Crippen MR) is 162 cm³/mol. The molecule has 2 aromatic heterocycles. The Balaban J connectivity index is 1.47. The number of hydrogen-bond donors (Lipinski definition) is 3. The molecule has 4 rings (SSSR count). The first-order valence-corrected chi connectivity index (χ1v) is 13.9. The second kappa shape index (κ2) is 13.7. The molecule has 0 aliphatic heterocycles. The van der Waals surface area contributed by atoms with Crippen molar-refractivity contribution in [1.29, 1.82) is 0 Å². The number of aromatic nitrogens is 3. The summed E-state index contributed by atoms with van der Waals surface area (Å²) in [5.41, 5.74) is 8.97. The van der Waals surface area contributed by atoms with Crippen LogP contribution in [0.25, 0.3) is 16.8 Å². The molecule has 9 nitrogen and oxygen atoms in total. The van der Waals surface area contributed by atoms with Crippen molar-refractivity contribution in [1.82, 2.24) is 14.5 Å². The fraction of sp³-hybridized carbons (Fsp3) is 0.312. The summed E-state index contributed by atoms with van der Waals surface area (Å²) < 4.78 is 7.19. The maximum absolute atomic E-state index is 13.4. The lowest BCUT2D eigenvalue weighted by molar-refractivity contribution is 0.0635. The van der Waals surface area contributed by atoms with E-state index in [1.807, 2.05) is 65.4 Å². The monoisotopic (exact) mass is 554 g/mol. The average molecular weight is 555 g/mol. The summed E-state index contributed by atoms with van der Waals surface area (Å²) in [6.45, 7) is 6.11. The fourth-order valence-corrected chi connectivity index (χ4v) is 4.29. The molecule has 0 radical (unpaired) electrons. The van der Waals surface area contributed by atoms with E-state index in [1.165, 1.54) is 0 Å². The van der Waals surface area contributed by atoms with Crippen LogP contribution in [0.2, 0.25) is 0 Å². The highest BCUT2D eigenvalue weighted by Gasteiger charge is 2.17. The highest BCUT2D eigenvalue weighted by molar-refractivity contribution is 6.04. The number of aryl methyl sites for hydroxylation is 1. The molecule has 0 saturated carbocycles. The van der Waals surface area contributed by atoms with E-state index in [0.29, 0.717) is 23.9 Å². The van der Waals surface area contributed by atoms with E-state index in [1.54, 1.807) is 39.1 Å². The zero-order valence-electron chi connectivity index (χ0n) is 23.9. The van der Waals surface area contributed by atoms with E-state index in [9.17, 15) is 9.59 Å². The van der Waals surface area contributed by atoms with Gasteiger partial charge in [-0.3, -0.25) is 20.0 Å². The quantitative estimate of drug-likeness (QED) is 0.180. The molecule has 41 heavy (non-hydrogen) atoms. The number of ether oxygens (including phenoxy) is 1. The zero-order valence-corrected chi connectivity index (χ0v) is 23.9. The number of carbonyl (C=O) groups excluding carboxylic acids is 2. The molecule has 4 aromatic rings. The molecule has 0 atom stereocenters. The number of carbonyl (C=O) groups is 2. The van der Waals surface area contributed by atoms with Crippen molar-refractivity contribution in [3.05, 3.63) is 90.4 Å². The predicted octanol–water partition coefficient (Wildman–Crippen LogP) is 6.60. The molecule has 4 N–H and O–H groups in total. The lowest BCUT2D eigenvalue weighted by Gasteiger charge is -2.19. The van der Waals surface area contributed by atoms with Crippen molar-refractivity contribution in [3.8, 4) is 16.8 Å². The van der Waals surface area contributed by atoms with Crippen LogP contribution in [0.1, 0.15) is 62.5 Å². The van der Waals surface area contributed by atoms with Crippen molar-refractivity contribution < 1.29 is 14.3 Å². The van der Waals surface area contributed by atoms with E-state index in [0.717, 1.165) is 54.6 Å². The summed E-state index contributed by atoms with van der Waals surface area (Å²) in [6, 6.07) is 20.7. The van der Waals surface area contributed by atoms with Crippen LogP contribution >= 0.6 is 0 Å². The third-order valence-electron chi connectivity index (χ3n) is 6.25. The minimum Gasteiger partial charge on any atom is -0.444 e. The minimum atomic E-state index is -0.602. The van der Waals surface area contributed by atoms with Crippen LogP contribution in [0, 0.1) is 0 Å². The Bertz CT molecular complexity index is 1440. The van der Waals surface area contributed by atoms with Crippen LogP contribution in [0.4, 0.5) is 16.6 Å². The number of imidazole rings is 1. The first kappa shape index (κ1) is 29.5. The highest BCUT2D eigenvalue weighted by atomic mass is 16.6. The topological polar surface area (TPSA) is 124 Å². The molecule has 0 fully saturated rings. The van der Waals surface area contributed by atoms with Crippen molar-refractivity contribution in [2.45, 2.75) is 58.5 Å². The number of hydrogen-bond acceptors (Lipinski definition) is 6.